The zero-order valence-corrected chi connectivity index (χ0v) is 12.8. The minimum absolute atomic E-state index is 0.210. The van der Waals surface area contributed by atoms with Crippen LogP contribution >= 0.6 is 11.8 Å². The van der Waals surface area contributed by atoms with Gasteiger partial charge >= 0.3 is 0 Å². The molecule has 1 saturated carbocycles. The lowest BCUT2D eigenvalue weighted by molar-refractivity contribution is -0.119. The van der Waals surface area contributed by atoms with E-state index in [-0.39, 0.29) is 5.60 Å². The van der Waals surface area contributed by atoms with Crippen molar-refractivity contribution in [3.63, 3.8) is 0 Å². The van der Waals surface area contributed by atoms with Gasteiger partial charge in [0.15, 0.2) is 0 Å². The summed E-state index contributed by atoms with van der Waals surface area (Å²) < 4.78 is 6.15. The molecular weight excluding hydrogens is 242 g/mol. The molecule has 2 unspecified atom stereocenters. The highest BCUT2D eigenvalue weighted by atomic mass is 32.2. The van der Waals surface area contributed by atoms with Crippen molar-refractivity contribution < 1.29 is 4.74 Å². The normalized spacial score (nSPS) is 29.7. The monoisotopic (exact) mass is 271 g/mol. The summed E-state index contributed by atoms with van der Waals surface area (Å²) >= 11 is 2.00. The molecule has 0 amide bonds. The molecule has 3 heteroatoms. The summed E-state index contributed by atoms with van der Waals surface area (Å²) in [5.41, 5.74) is 6.62. The predicted octanol–water partition coefficient (Wildman–Crippen LogP) is 3.58. The Morgan fingerprint density at radius 1 is 1.28 bits per heavy atom. The quantitative estimate of drug-likeness (QED) is 0.849. The maximum Gasteiger partial charge on any atom is 0.0685 e. The Labute approximate surface area is 116 Å². The number of hydrogen-bond donors (Lipinski definition) is 1. The van der Waals surface area contributed by atoms with Gasteiger partial charge in [-0.15, -0.1) is 0 Å². The van der Waals surface area contributed by atoms with Gasteiger partial charge < -0.3 is 10.5 Å². The van der Waals surface area contributed by atoms with E-state index in [9.17, 15) is 0 Å². The van der Waals surface area contributed by atoms with Crippen molar-refractivity contribution in [3.05, 3.63) is 0 Å². The molecule has 2 fully saturated rings. The lowest BCUT2D eigenvalue weighted by Crippen LogP contribution is -2.47. The minimum atomic E-state index is 0.210. The Balaban J connectivity index is 1.85. The van der Waals surface area contributed by atoms with Crippen LogP contribution < -0.4 is 5.73 Å². The van der Waals surface area contributed by atoms with Crippen molar-refractivity contribution in [1.29, 1.82) is 0 Å². The van der Waals surface area contributed by atoms with E-state index < -0.39 is 0 Å². The maximum atomic E-state index is 6.41. The van der Waals surface area contributed by atoms with Crippen molar-refractivity contribution in [2.24, 2.45) is 11.7 Å². The van der Waals surface area contributed by atoms with Crippen LogP contribution in [0.15, 0.2) is 0 Å². The fourth-order valence-electron chi connectivity index (χ4n) is 3.42. The average Bonchev–Trinajstić information content (AvgIpc) is 2.37. The highest BCUT2D eigenvalue weighted by molar-refractivity contribution is 7.99. The topological polar surface area (TPSA) is 35.2 Å². The summed E-state index contributed by atoms with van der Waals surface area (Å²) in [6.45, 7) is 5.44. The molecule has 2 atom stereocenters. The SMILES string of the molecule is CC(C)SCC(N)C1CCOC2(CCCCC2)C1. The van der Waals surface area contributed by atoms with E-state index in [2.05, 4.69) is 13.8 Å². The second-order valence-corrected chi connectivity index (χ2v) is 8.00. The molecule has 0 aromatic rings. The third kappa shape index (κ3) is 3.88. The maximum absolute atomic E-state index is 6.41. The van der Waals surface area contributed by atoms with Gasteiger partial charge in [-0.25, -0.2) is 0 Å². The summed E-state index contributed by atoms with van der Waals surface area (Å²) in [5, 5.41) is 0.694. The predicted molar refractivity (Wildman–Crippen MR) is 80.1 cm³/mol. The molecule has 1 aliphatic carbocycles. The van der Waals surface area contributed by atoms with Crippen LogP contribution in [-0.4, -0.2) is 29.3 Å². The summed E-state index contributed by atoms with van der Waals surface area (Å²) in [6.07, 6.45) is 9.02. The number of hydrogen-bond acceptors (Lipinski definition) is 3. The zero-order valence-electron chi connectivity index (χ0n) is 12.0. The van der Waals surface area contributed by atoms with Crippen LogP contribution in [0.2, 0.25) is 0 Å². The van der Waals surface area contributed by atoms with Crippen LogP contribution in [0, 0.1) is 5.92 Å². The van der Waals surface area contributed by atoms with E-state index in [1.54, 1.807) is 0 Å². The standard InChI is InChI=1S/C15H29NOS/c1-12(2)18-11-14(16)13-6-9-17-15(10-13)7-4-3-5-8-15/h12-14H,3-11,16H2,1-2H3. The number of thioether (sulfide) groups is 1. The van der Waals surface area contributed by atoms with E-state index >= 15 is 0 Å². The number of nitrogens with two attached hydrogens (primary N) is 1. The average molecular weight is 271 g/mol. The number of ether oxygens (including phenoxy) is 1. The van der Waals surface area contributed by atoms with Gasteiger partial charge in [-0.05, 0) is 36.9 Å². The van der Waals surface area contributed by atoms with Crippen LogP contribution in [0.5, 0.6) is 0 Å². The van der Waals surface area contributed by atoms with Gasteiger partial charge in [-0.2, -0.15) is 11.8 Å². The van der Waals surface area contributed by atoms with E-state index in [1.165, 1.54) is 44.9 Å². The molecule has 0 aromatic heterocycles. The van der Waals surface area contributed by atoms with Crippen molar-refractivity contribution in [3.8, 4) is 0 Å². The van der Waals surface area contributed by atoms with Crippen LogP contribution in [0.25, 0.3) is 0 Å². The van der Waals surface area contributed by atoms with Gasteiger partial charge in [0.25, 0.3) is 0 Å². The van der Waals surface area contributed by atoms with Crippen molar-refractivity contribution >= 4 is 11.8 Å². The smallest absolute Gasteiger partial charge is 0.0685 e. The lowest BCUT2D eigenvalue weighted by atomic mass is 9.74. The Kier molecular flexibility index (Phi) is 5.40. The molecule has 18 heavy (non-hydrogen) atoms. The molecular formula is C15H29NOS. The first kappa shape index (κ1) is 14.7. The fraction of sp³-hybridized carbons (Fsp3) is 1.00. The molecule has 0 radical (unpaired) electrons. The van der Waals surface area contributed by atoms with Gasteiger partial charge in [0.2, 0.25) is 0 Å². The molecule has 106 valence electrons. The molecule has 2 N–H and O–H groups in total. The molecule has 0 aromatic carbocycles. The largest absolute Gasteiger partial charge is 0.375 e. The van der Waals surface area contributed by atoms with Crippen molar-refractivity contribution in [2.45, 2.75) is 75.7 Å². The second kappa shape index (κ2) is 6.62. The molecule has 1 heterocycles. The first-order chi connectivity index (χ1) is 8.61. The van der Waals surface area contributed by atoms with Gasteiger partial charge in [-0.3, -0.25) is 0 Å². The zero-order chi connectivity index (χ0) is 13.0. The first-order valence-electron chi connectivity index (χ1n) is 7.62. The summed E-state index contributed by atoms with van der Waals surface area (Å²) in [4.78, 5) is 0. The van der Waals surface area contributed by atoms with Gasteiger partial charge in [0, 0.05) is 18.4 Å². The molecule has 2 aliphatic rings. The molecule has 0 bridgehead atoms. The Morgan fingerprint density at radius 3 is 2.67 bits per heavy atom. The van der Waals surface area contributed by atoms with E-state index in [4.69, 9.17) is 10.5 Å². The third-order valence-corrected chi connectivity index (χ3v) is 5.77. The van der Waals surface area contributed by atoms with Crippen LogP contribution in [-0.2, 0) is 4.74 Å². The third-order valence-electron chi connectivity index (χ3n) is 4.52. The van der Waals surface area contributed by atoms with Crippen LogP contribution in [0.1, 0.15) is 58.8 Å². The molecule has 2 rings (SSSR count). The summed E-state index contributed by atoms with van der Waals surface area (Å²) in [7, 11) is 0. The highest BCUT2D eigenvalue weighted by Crippen LogP contribution is 2.41. The first-order valence-corrected chi connectivity index (χ1v) is 8.67. The Morgan fingerprint density at radius 2 is 2.00 bits per heavy atom. The van der Waals surface area contributed by atoms with Gasteiger partial charge in [0.1, 0.15) is 0 Å². The highest BCUT2D eigenvalue weighted by Gasteiger charge is 2.39. The van der Waals surface area contributed by atoms with Crippen molar-refractivity contribution in [2.75, 3.05) is 12.4 Å². The van der Waals surface area contributed by atoms with E-state index in [0.717, 1.165) is 12.4 Å². The van der Waals surface area contributed by atoms with Crippen molar-refractivity contribution in [1.82, 2.24) is 0 Å². The molecule has 2 nitrogen and oxygen atoms in total. The van der Waals surface area contributed by atoms with Crippen LogP contribution in [0.3, 0.4) is 0 Å². The Hall–Kier alpha value is 0.270. The lowest BCUT2D eigenvalue weighted by Gasteiger charge is -2.45. The second-order valence-electron chi connectivity index (χ2n) is 6.39. The summed E-state index contributed by atoms with van der Waals surface area (Å²) in [5.74, 6) is 1.79. The summed E-state index contributed by atoms with van der Waals surface area (Å²) in [6, 6.07) is 0.361. The van der Waals surface area contributed by atoms with Crippen LogP contribution in [0.4, 0.5) is 0 Å². The molecule has 1 saturated heterocycles. The van der Waals surface area contributed by atoms with Gasteiger partial charge in [0.05, 0.1) is 5.60 Å². The van der Waals surface area contributed by atoms with E-state index in [1.807, 2.05) is 11.8 Å². The van der Waals surface area contributed by atoms with E-state index in [0.29, 0.717) is 17.2 Å². The fourth-order valence-corrected chi connectivity index (χ4v) is 4.29. The number of rotatable bonds is 4. The molecule has 1 aliphatic heterocycles. The molecule has 1 spiro atoms. The Bertz CT molecular complexity index is 245. The minimum Gasteiger partial charge on any atom is -0.375 e. The van der Waals surface area contributed by atoms with Gasteiger partial charge in [-0.1, -0.05) is 33.1 Å².